The summed E-state index contributed by atoms with van der Waals surface area (Å²) in [7, 11) is 0. The van der Waals surface area contributed by atoms with Gasteiger partial charge >= 0.3 is 0 Å². The minimum Gasteiger partial charge on any atom is -0.483 e. The van der Waals surface area contributed by atoms with Crippen molar-refractivity contribution in [2.75, 3.05) is 24.5 Å². The SMILES string of the molecule is C=C1SCN(C(=O)[C@@H](O)[C@H](Cc2ccccc2)NC(=O)[C@H](CSC)NC(=O)COc2cccc3cnccc23)[C@@H]1C(N)=O. The molecular weight excluding hydrogens is 590 g/mol. The molecule has 2 heterocycles. The number of ether oxygens (including phenoxy) is 1. The maximum absolute atomic E-state index is 13.5. The number of aliphatic hydroxyl groups excluding tert-OH is 1. The number of nitrogens with two attached hydrogens (primary N) is 1. The van der Waals surface area contributed by atoms with Crippen molar-refractivity contribution in [3.63, 3.8) is 0 Å². The number of carbonyl (C=O) groups excluding carboxylic acids is 4. The zero-order valence-corrected chi connectivity index (χ0v) is 25.1. The number of aromatic nitrogens is 1. The molecule has 13 heteroatoms. The molecule has 0 bridgehead atoms. The summed E-state index contributed by atoms with van der Waals surface area (Å²) in [6.07, 6.45) is 3.52. The fourth-order valence-electron chi connectivity index (χ4n) is 4.67. The molecule has 5 N–H and O–H groups in total. The normalized spacial score (nSPS) is 16.7. The van der Waals surface area contributed by atoms with Crippen LogP contribution in [0.4, 0.5) is 0 Å². The molecule has 4 rings (SSSR count). The first-order chi connectivity index (χ1) is 20.7. The van der Waals surface area contributed by atoms with Gasteiger partial charge in [-0.25, -0.2) is 0 Å². The summed E-state index contributed by atoms with van der Waals surface area (Å²) in [5.74, 6) is -1.81. The highest BCUT2D eigenvalue weighted by molar-refractivity contribution is 8.03. The quantitative estimate of drug-likeness (QED) is 0.221. The lowest BCUT2D eigenvalue weighted by Crippen LogP contribution is -2.58. The standard InChI is InChI=1S/C30H33N5O6S2/c1-18-26(28(31)38)35(17-43-18)30(40)27(37)22(13-19-7-4-3-5-8-19)34-29(39)23(16-42-2)33-25(36)15-41-24-10-6-9-20-14-32-12-11-21(20)24/h3-12,14,22-23,26-27,37H,1,13,15-17H2,2H3,(H2,31,38)(H,33,36)(H,34,39)/t22-,23-,26-,27-/m0/s1. The number of fused-ring (bicyclic) bond motifs is 1. The monoisotopic (exact) mass is 623 g/mol. The molecule has 1 aliphatic rings. The van der Waals surface area contributed by atoms with Crippen LogP contribution in [0.25, 0.3) is 10.8 Å². The van der Waals surface area contributed by atoms with Gasteiger partial charge in [-0.15, -0.1) is 11.8 Å². The highest BCUT2D eigenvalue weighted by Crippen LogP contribution is 2.32. The summed E-state index contributed by atoms with van der Waals surface area (Å²) in [5, 5.41) is 18.3. The van der Waals surface area contributed by atoms with Crippen molar-refractivity contribution in [3.05, 3.63) is 84.0 Å². The van der Waals surface area contributed by atoms with Crippen molar-refractivity contribution < 1.29 is 29.0 Å². The highest BCUT2D eigenvalue weighted by atomic mass is 32.2. The minimum absolute atomic E-state index is 0.0900. The molecule has 4 atom stereocenters. The van der Waals surface area contributed by atoms with Gasteiger partial charge in [0, 0.05) is 33.8 Å². The first-order valence-electron chi connectivity index (χ1n) is 13.4. The minimum atomic E-state index is -1.70. The summed E-state index contributed by atoms with van der Waals surface area (Å²) in [4.78, 5) is 57.4. The number of pyridine rings is 1. The summed E-state index contributed by atoms with van der Waals surface area (Å²) in [6.45, 7) is 3.46. The second kappa shape index (κ2) is 14.9. The molecule has 1 aromatic heterocycles. The average Bonchev–Trinajstić information content (AvgIpc) is 3.40. The largest absolute Gasteiger partial charge is 0.483 e. The fraction of sp³-hybridized carbons (Fsp3) is 0.300. The number of aliphatic hydroxyl groups is 1. The van der Waals surface area contributed by atoms with E-state index in [-0.39, 0.29) is 24.7 Å². The fourth-order valence-corrected chi connectivity index (χ4v) is 6.22. The lowest BCUT2D eigenvalue weighted by Gasteiger charge is -2.30. The maximum atomic E-state index is 13.5. The Bertz CT molecular complexity index is 1480. The van der Waals surface area contributed by atoms with E-state index in [0.717, 1.165) is 21.2 Å². The van der Waals surface area contributed by atoms with Crippen molar-refractivity contribution in [2.24, 2.45) is 5.73 Å². The van der Waals surface area contributed by atoms with E-state index in [4.69, 9.17) is 10.5 Å². The molecule has 0 spiro atoms. The predicted molar refractivity (Wildman–Crippen MR) is 167 cm³/mol. The van der Waals surface area contributed by atoms with Gasteiger partial charge in [0.25, 0.3) is 11.8 Å². The molecule has 0 radical (unpaired) electrons. The van der Waals surface area contributed by atoms with E-state index in [1.54, 1.807) is 61.1 Å². The second-order valence-corrected chi connectivity index (χ2v) is 11.8. The Morgan fingerprint density at radius 3 is 2.65 bits per heavy atom. The molecule has 43 heavy (non-hydrogen) atoms. The number of nitrogens with zero attached hydrogens (tertiary/aromatic N) is 2. The zero-order valence-electron chi connectivity index (χ0n) is 23.5. The third-order valence-electron chi connectivity index (χ3n) is 6.80. The van der Waals surface area contributed by atoms with Gasteiger partial charge in [0.05, 0.1) is 11.9 Å². The van der Waals surface area contributed by atoms with Gasteiger partial charge in [-0.3, -0.25) is 24.2 Å². The molecule has 3 aromatic rings. The van der Waals surface area contributed by atoms with Crippen molar-refractivity contribution in [3.8, 4) is 5.75 Å². The molecular formula is C30H33N5O6S2. The molecule has 11 nitrogen and oxygen atoms in total. The molecule has 0 aliphatic carbocycles. The van der Waals surface area contributed by atoms with E-state index in [0.29, 0.717) is 10.7 Å². The van der Waals surface area contributed by atoms with E-state index < -0.39 is 47.9 Å². The lowest BCUT2D eigenvalue weighted by atomic mass is 9.99. The van der Waals surface area contributed by atoms with E-state index in [9.17, 15) is 24.3 Å². The van der Waals surface area contributed by atoms with E-state index in [1.165, 1.54) is 23.5 Å². The lowest BCUT2D eigenvalue weighted by molar-refractivity contribution is -0.145. The summed E-state index contributed by atoms with van der Waals surface area (Å²) in [6, 6.07) is 13.1. The van der Waals surface area contributed by atoms with Crippen LogP contribution in [0.3, 0.4) is 0 Å². The maximum Gasteiger partial charge on any atom is 0.258 e. The third kappa shape index (κ3) is 8.06. The molecule has 2 aromatic carbocycles. The number of amides is 4. The van der Waals surface area contributed by atoms with E-state index in [2.05, 4.69) is 22.2 Å². The van der Waals surface area contributed by atoms with Gasteiger partial charge in [-0.1, -0.05) is 49.0 Å². The Labute approximate surface area is 257 Å². The van der Waals surface area contributed by atoms with Crippen LogP contribution in [0.2, 0.25) is 0 Å². The van der Waals surface area contributed by atoms with Crippen LogP contribution in [0.15, 0.2) is 78.5 Å². The number of thioether (sulfide) groups is 2. The number of hydrogen-bond donors (Lipinski definition) is 4. The van der Waals surface area contributed by atoms with Gasteiger partial charge in [0.15, 0.2) is 12.7 Å². The number of benzene rings is 2. The first kappa shape index (κ1) is 31.9. The molecule has 1 fully saturated rings. The smallest absolute Gasteiger partial charge is 0.258 e. The topological polar surface area (TPSA) is 164 Å². The number of carbonyl (C=O) groups is 4. The van der Waals surface area contributed by atoms with Gasteiger partial charge in [-0.2, -0.15) is 11.8 Å². The summed E-state index contributed by atoms with van der Waals surface area (Å²) < 4.78 is 5.75. The Kier molecular flexibility index (Phi) is 11.0. The van der Waals surface area contributed by atoms with Crippen molar-refractivity contribution in [1.82, 2.24) is 20.5 Å². The summed E-state index contributed by atoms with van der Waals surface area (Å²) in [5.41, 5.74) is 6.25. The molecule has 0 unspecified atom stereocenters. The highest BCUT2D eigenvalue weighted by Gasteiger charge is 2.41. The predicted octanol–water partition coefficient (Wildman–Crippen LogP) is 1.45. The number of nitrogens with one attached hydrogen (secondary N) is 2. The molecule has 4 amide bonds. The van der Waals surface area contributed by atoms with Gasteiger partial charge < -0.3 is 31.1 Å². The zero-order chi connectivity index (χ0) is 30.9. The van der Waals surface area contributed by atoms with Crippen LogP contribution in [0.5, 0.6) is 5.75 Å². The Hall–Kier alpha value is -4.07. The Balaban J connectivity index is 1.46. The van der Waals surface area contributed by atoms with Crippen LogP contribution in [-0.4, -0.2) is 87.3 Å². The second-order valence-electron chi connectivity index (χ2n) is 9.82. The van der Waals surface area contributed by atoms with Crippen LogP contribution in [0.1, 0.15) is 5.56 Å². The van der Waals surface area contributed by atoms with Gasteiger partial charge in [-0.05, 0) is 30.4 Å². The Morgan fingerprint density at radius 2 is 1.93 bits per heavy atom. The average molecular weight is 624 g/mol. The van der Waals surface area contributed by atoms with Crippen LogP contribution >= 0.6 is 23.5 Å². The van der Waals surface area contributed by atoms with E-state index >= 15 is 0 Å². The Morgan fingerprint density at radius 1 is 1.16 bits per heavy atom. The number of hydrogen-bond acceptors (Lipinski definition) is 9. The third-order valence-corrected chi connectivity index (χ3v) is 8.47. The van der Waals surface area contributed by atoms with Crippen LogP contribution in [-0.2, 0) is 25.6 Å². The van der Waals surface area contributed by atoms with Gasteiger partial charge in [0.1, 0.15) is 17.8 Å². The van der Waals surface area contributed by atoms with Crippen molar-refractivity contribution in [2.45, 2.75) is 30.7 Å². The van der Waals surface area contributed by atoms with Crippen molar-refractivity contribution >= 4 is 57.9 Å². The molecule has 1 aliphatic heterocycles. The molecule has 0 saturated carbocycles. The number of rotatable bonds is 13. The van der Waals surface area contributed by atoms with Crippen molar-refractivity contribution in [1.29, 1.82) is 0 Å². The molecule has 226 valence electrons. The van der Waals surface area contributed by atoms with Gasteiger partial charge in [0.2, 0.25) is 11.8 Å². The molecule has 1 saturated heterocycles. The first-order valence-corrected chi connectivity index (χ1v) is 15.7. The number of primary amides is 1. The van der Waals surface area contributed by atoms with Crippen LogP contribution in [0, 0.1) is 0 Å². The summed E-state index contributed by atoms with van der Waals surface area (Å²) >= 11 is 2.53. The van der Waals surface area contributed by atoms with E-state index in [1.807, 2.05) is 12.1 Å². The van der Waals surface area contributed by atoms with Crippen LogP contribution < -0.4 is 21.1 Å².